The number of benzene rings is 1. The molecule has 0 aliphatic heterocycles. The molecule has 2 atom stereocenters. The highest BCUT2D eigenvalue weighted by Gasteiger charge is 2.34. The average Bonchev–Trinajstić information content (AvgIpc) is 2.62. The summed E-state index contributed by atoms with van der Waals surface area (Å²) in [5.74, 6) is -2.65. The minimum atomic E-state index is -4.59. The highest BCUT2D eigenvalue weighted by atomic mass is 32.2. The summed E-state index contributed by atoms with van der Waals surface area (Å²) in [6.45, 7) is 4.92. The molecule has 0 aliphatic rings. The predicted molar refractivity (Wildman–Crippen MR) is 106 cm³/mol. The second kappa shape index (κ2) is 11.1. The van der Waals surface area contributed by atoms with Crippen LogP contribution in [0.2, 0.25) is 0 Å². The van der Waals surface area contributed by atoms with Crippen LogP contribution in [0.1, 0.15) is 26.3 Å². The Kier molecular flexibility index (Phi) is 9.47. The Hall–Kier alpha value is -2.43. The zero-order valence-electron chi connectivity index (χ0n) is 17.0. The number of hydrogen-bond acceptors (Lipinski definition) is 6. The first-order valence-electron chi connectivity index (χ1n) is 8.93. The van der Waals surface area contributed by atoms with Crippen molar-refractivity contribution in [1.82, 2.24) is 10.6 Å². The third-order valence-corrected chi connectivity index (χ3v) is 4.33. The lowest BCUT2D eigenvalue weighted by Gasteiger charge is -2.25. The molecule has 0 fully saturated rings. The summed E-state index contributed by atoms with van der Waals surface area (Å²) in [4.78, 5) is 36.7. The maximum Gasteiger partial charge on any atom is 0.441 e. The molecule has 1 aromatic carbocycles. The highest BCUT2D eigenvalue weighted by Crippen LogP contribution is 2.30. The quantitative estimate of drug-likeness (QED) is 0.592. The Bertz CT molecular complexity index is 723. The van der Waals surface area contributed by atoms with E-state index in [1.54, 1.807) is 51.1 Å². The summed E-state index contributed by atoms with van der Waals surface area (Å²) in [5, 5.41) is 4.63. The first-order valence-corrected chi connectivity index (χ1v) is 9.91. The molecule has 0 bridgehead atoms. The van der Waals surface area contributed by atoms with E-state index in [1.807, 2.05) is 0 Å². The first kappa shape index (κ1) is 25.6. The Morgan fingerprint density at radius 3 is 2.13 bits per heavy atom. The van der Waals surface area contributed by atoms with E-state index in [1.165, 1.54) is 0 Å². The van der Waals surface area contributed by atoms with Crippen LogP contribution in [0, 0.1) is 0 Å². The van der Waals surface area contributed by atoms with Gasteiger partial charge in [0.1, 0.15) is 17.7 Å². The Labute approximate surface area is 177 Å². The number of esters is 1. The van der Waals surface area contributed by atoms with Crippen LogP contribution in [0.5, 0.6) is 0 Å². The zero-order valence-corrected chi connectivity index (χ0v) is 17.9. The zero-order chi connectivity index (χ0) is 22.9. The van der Waals surface area contributed by atoms with Gasteiger partial charge < -0.3 is 20.1 Å². The predicted octanol–water partition coefficient (Wildman–Crippen LogP) is 3.03. The van der Waals surface area contributed by atoms with E-state index in [9.17, 15) is 27.6 Å². The minimum Gasteiger partial charge on any atom is -0.467 e. The first-order chi connectivity index (χ1) is 13.8. The number of halogens is 3. The smallest absolute Gasteiger partial charge is 0.441 e. The fraction of sp³-hybridized carbons (Fsp3) is 0.526. The number of carbonyl (C=O) groups excluding carboxylic acids is 3. The lowest BCUT2D eigenvalue weighted by Crippen LogP contribution is -2.54. The van der Waals surface area contributed by atoms with Gasteiger partial charge in [0.05, 0.1) is 7.11 Å². The molecule has 2 amide bonds. The van der Waals surface area contributed by atoms with Gasteiger partial charge in [-0.1, -0.05) is 30.3 Å². The van der Waals surface area contributed by atoms with Gasteiger partial charge in [-0.05, 0) is 38.1 Å². The number of hydrogen-bond donors (Lipinski definition) is 2. The number of methoxy groups -OCH3 is 1. The average molecular weight is 450 g/mol. The number of ether oxygens (including phenoxy) is 2. The third kappa shape index (κ3) is 10.4. The topological polar surface area (TPSA) is 93.7 Å². The molecular formula is C19H25F3N2O5S. The number of amides is 2. The summed E-state index contributed by atoms with van der Waals surface area (Å²) in [6, 6.07) is 5.92. The van der Waals surface area contributed by atoms with Gasteiger partial charge in [0.25, 0.3) is 0 Å². The fourth-order valence-corrected chi connectivity index (χ4v) is 2.84. The van der Waals surface area contributed by atoms with Crippen molar-refractivity contribution in [2.45, 2.75) is 50.4 Å². The van der Waals surface area contributed by atoms with Gasteiger partial charge in [0, 0.05) is 12.2 Å². The van der Waals surface area contributed by atoms with E-state index in [2.05, 4.69) is 15.4 Å². The third-order valence-electron chi connectivity index (χ3n) is 3.51. The second-order valence-electron chi connectivity index (χ2n) is 7.23. The molecule has 1 aromatic rings. The Morgan fingerprint density at radius 1 is 1.03 bits per heavy atom. The molecule has 2 unspecified atom stereocenters. The molecule has 0 heterocycles. The number of thioether (sulfide) groups is 1. The fourth-order valence-electron chi connectivity index (χ4n) is 2.27. The Balaban J connectivity index is 2.97. The van der Waals surface area contributed by atoms with Gasteiger partial charge in [-0.3, -0.25) is 4.79 Å². The van der Waals surface area contributed by atoms with E-state index in [0.717, 1.165) is 7.11 Å². The van der Waals surface area contributed by atoms with Crippen LogP contribution in [-0.4, -0.2) is 54.0 Å². The maximum absolute atomic E-state index is 12.7. The minimum absolute atomic E-state index is 0.0340. The van der Waals surface area contributed by atoms with Crippen molar-refractivity contribution < 1.29 is 37.0 Å². The number of alkyl halides is 3. The number of carbonyl (C=O) groups is 3. The van der Waals surface area contributed by atoms with Crippen LogP contribution < -0.4 is 10.6 Å². The van der Waals surface area contributed by atoms with Crippen LogP contribution >= 0.6 is 11.8 Å². The molecule has 0 saturated carbocycles. The van der Waals surface area contributed by atoms with Crippen molar-refractivity contribution in [3.63, 3.8) is 0 Å². The largest absolute Gasteiger partial charge is 0.467 e. The van der Waals surface area contributed by atoms with Crippen molar-refractivity contribution >= 4 is 29.7 Å². The van der Waals surface area contributed by atoms with Crippen LogP contribution in [0.4, 0.5) is 18.0 Å². The second-order valence-corrected chi connectivity index (χ2v) is 8.31. The molecule has 2 N–H and O–H groups in total. The molecule has 168 valence electrons. The monoisotopic (exact) mass is 450 g/mol. The highest BCUT2D eigenvalue weighted by molar-refractivity contribution is 8.00. The van der Waals surface area contributed by atoms with Crippen molar-refractivity contribution in [2.75, 3.05) is 12.9 Å². The normalized spacial score (nSPS) is 13.7. The standard InChI is InChI=1S/C19H25F3N2O5S/c1-18(2,3)29-17(27)24-13(10-12-8-6-5-7-9-12)15(25)23-14(16(26)28-4)11-30-19(20,21)22/h5-9,13-14H,10-11H2,1-4H3,(H,23,25)(H,24,27). The Morgan fingerprint density at radius 2 is 1.63 bits per heavy atom. The molecule has 0 aromatic heterocycles. The summed E-state index contributed by atoms with van der Waals surface area (Å²) in [7, 11) is 1.00. The number of nitrogens with one attached hydrogen (secondary N) is 2. The van der Waals surface area contributed by atoms with E-state index < -0.39 is 58.7 Å². The van der Waals surface area contributed by atoms with Gasteiger partial charge in [0.2, 0.25) is 5.91 Å². The summed E-state index contributed by atoms with van der Waals surface area (Å²) < 4.78 is 47.2. The molecule has 1 rings (SSSR count). The van der Waals surface area contributed by atoms with Gasteiger partial charge in [0.15, 0.2) is 0 Å². The summed E-state index contributed by atoms with van der Waals surface area (Å²) >= 11 is -0.463. The van der Waals surface area contributed by atoms with Crippen molar-refractivity contribution in [3.05, 3.63) is 35.9 Å². The number of alkyl carbamates (subject to hydrolysis) is 1. The van der Waals surface area contributed by atoms with E-state index in [0.29, 0.717) is 5.56 Å². The van der Waals surface area contributed by atoms with Crippen LogP contribution in [0.25, 0.3) is 0 Å². The molecule has 30 heavy (non-hydrogen) atoms. The maximum atomic E-state index is 12.7. The van der Waals surface area contributed by atoms with Crippen LogP contribution in [-0.2, 0) is 25.5 Å². The van der Waals surface area contributed by atoms with E-state index in [-0.39, 0.29) is 6.42 Å². The molecular weight excluding hydrogens is 425 g/mol. The van der Waals surface area contributed by atoms with Gasteiger partial charge in [-0.15, -0.1) is 0 Å². The van der Waals surface area contributed by atoms with Gasteiger partial charge >= 0.3 is 17.6 Å². The van der Waals surface area contributed by atoms with Gasteiger partial charge in [-0.25, -0.2) is 9.59 Å². The summed E-state index contributed by atoms with van der Waals surface area (Å²) in [6.07, 6.45) is -0.843. The summed E-state index contributed by atoms with van der Waals surface area (Å²) in [5.41, 5.74) is -4.72. The van der Waals surface area contributed by atoms with Crippen molar-refractivity contribution in [3.8, 4) is 0 Å². The molecule has 0 radical (unpaired) electrons. The van der Waals surface area contributed by atoms with Gasteiger partial charge in [-0.2, -0.15) is 13.2 Å². The van der Waals surface area contributed by atoms with E-state index >= 15 is 0 Å². The molecule has 11 heteroatoms. The SMILES string of the molecule is COC(=O)C(CSC(F)(F)F)NC(=O)C(Cc1ccccc1)NC(=O)OC(C)(C)C. The van der Waals surface area contributed by atoms with Crippen molar-refractivity contribution in [2.24, 2.45) is 0 Å². The van der Waals surface area contributed by atoms with E-state index in [4.69, 9.17) is 4.74 Å². The lowest BCUT2D eigenvalue weighted by molar-refractivity contribution is -0.144. The van der Waals surface area contributed by atoms with Crippen LogP contribution in [0.15, 0.2) is 30.3 Å². The molecule has 7 nitrogen and oxygen atoms in total. The number of rotatable bonds is 8. The van der Waals surface area contributed by atoms with Crippen molar-refractivity contribution in [1.29, 1.82) is 0 Å². The van der Waals surface area contributed by atoms with Crippen LogP contribution in [0.3, 0.4) is 0 Å². The lowest BCUT2D eigenvalue weighted by atomic mass is 10.1. The molecule has 0 saturated heterocycles. The molecule has 0 aliphatic carbocycles. The molecule has 0 spiro atoms.